The molecule has 0 heterocycles. The van der Waals surface area contributed by atoms with Crippen molar-refractivity contribution in [3.8, 4) is 6.07 Å². The third kappa shape index (κ3) is 5.86. The van der Waals surface area contributed by atoms with Gasteiger partial charge in [-0.05, 0) is 44.4 Å². The molecule has 0 aliphatic heterocycles. The molecule has 0 aromatic heterocycles. The number of thioether (sulfide) groups is 1. The van der Waals surface area contributed by atoms with Crippen LogP contribution < -0.4 is 4.72 Å². The van der Waals surface area contributed by atoms with Crippen LogP contribution in [0.25, 0.3) is 0 Å². The van der Waals surface area contributed by atoms with E-state index in [-0.39, 0.29) is 16.6 Å². The number of ether oxygens (including phenoxy) is 1. The van der Waals surface area contributed by atoms with Crippen LogP contribution in [-0.2, 0) is 19.6 Å². The third-order valence-electron chi connectivity index (χ3n) is 2.84. The maximum absolute atomic E-state index is 12.5. The second kappa shape index (κ2) is 8.91. The van der Waals surface area contributed by atoms with Crippen molar-refractivity contribution in [2.75, 3.05) is 12.0 Å². The number of benzene rings is 1. The molecule has 1 rings (SSSR count). The van der Waals surface area contributed by atoms with Crippen molar-refractivity contribution in [1.29, 1.82) is 5.26 Å². The Hall–Kier alpha value is -1.56. The van der Waals surface area contributed by atoms with Gasteiger partial charge in [-0.15, -0.1) is 0 Å². The molecule has 0 aliphatic carbocycles. The molecule has 8 heteroatoms. The minimum Gasteiger partial charge on any atom is -0.462 e. The Bertz CT molecular complexity index is 681. The summed E-state index contributed by atoms with van der Waals surface area (Å²) >= 11 is 1.50. The topological polar surface area (TPSA) is 96.3 Å². The predicted octanol–water partition coefficient (Wildman–Crippen LogP) is 1.91. The van der Waals surface area contributed by atoms with E-state index in [1.165, 1.54) is 30.0 Å². The van der Waals surface area contributed by atoms with Crippen molar-refractivity contribution >= 4 is 27.8 Å². The Morgan fingerprint density at radius 3 is 2.61 bits per heavy atom. The number of esters is 1. The summed E-state index contributed by atoms with van der Waals surface area (Å²) in [4.78, 5) is 12.0. The zero-order chi connectivity index (χ0) is 17.5. The molecule has 0 aliphatic rings. The van der Waals surface area contributed by atoms with E-state index in [4.69, 9.17) is 10.00 Å². The van der Waals surface area contributed by atoms with E-state index in [0.717, 1.165) is 0 Å². The van der Waals surface area contributed by atoms with Gasteiger partial charge in [0, 0.05) is 0 Å². The summed E-state index contributed by atoms with van der Waals surface area (Å²) in [6, 6.07) is 6.71. The van der Waals surface area contributed by atoms with Gasteiger partial charge in [0.2, 0.25) is 10.0 Å². The van der Waals surface area contributed by atoms with Crippen LogP contribution in [0.3, 0.4) is 0 Å². The Kier molecular flexibility index (Phi) is 7.55. The Balaban J connectivity index is 3.05. The van der Waals surface area contributed by atoms with Gasteiger partial charge in [0.25, 0.3) is 0 Å². The van der Waals surface area contributed by atoms with Crippen molar-refractivity contribution < 1.29 is 17.9 Å². The molecule has 6 nitrogen and oxygen atoms in total. The Morgan fingerprint density at radius 1 is 1.39 bits per heavy atom. The van der Waals surface area contributed by atoms with Gasteiger partial charge in [-0.25, -0.2) is 8.42 Å². The molecule has 0 saturated carbocycles. The fourth-order valence-corrected chi connectivity index (χ4v) is 3.67. The number of sulfonamides is 1. The number of nitrogens with zero attached hydrogens (tertiary/aromatic N) is 1. The summed E-state index contributed by atoms with van der Waals surface area (Å²) in [6.45, 7) is 3.39. The molecular formula is C15H20N2O4S2. The number of rotatable bonds is 8. The van der Waals surface area contributed by atoms with Crippen molar-refractivity contribution in [3.05, 3.63) is 29.8 Å². The van der Waals surface area contributed by atoms with Crippen LogP contribution in [-0.4, -0.2) is 38.5 Å². The minimum atomic E-state index is -4.00. The third-order valence-corrected chi connectivity index (χ3v) is 5.02. The first-order valence-electron chi connectivity index (χ1n) is 7.02. The SMILES string of the molecule is CSCCC(NS(=O)(=O)c1ccccc1C#N)C(=O)OC(C)C. The van der Waals surface area contributed by atoms with Crippen molar-refractivity contribution in [2.45, 2.75) is 37.3 Å². The van der Waals surface area contributed by atoms with Crippen LogP contribution in [0.1, 0.15) is 25.8 Å². The lowest BCUT2D eigenvalue weighted by Crippen LogP contribution is -2.43. The van der Waals surface area contributed by atoms with Gasteiger partial charge in [0.15, 0.2) is 0 Å². The lowest BCUT2D eigenvalue weighted by molar-refractivity contribution is -0.149. The highest BCUT2D eigenvalue weighted by atomic mass is 32.2. The smallest absolute Gasteiger partial charge is 0.324 e. The van der Waals surface area contributed by atoms with Crippen LogP contribution in [0.15, 0.2) is 29.2 Å². The first kappa shape index (κ1) is 19.5. The maximum Gasteiger partial charge on any atom is 0.324 e. The van der Waals surface area contributed by atoms with Gasteiger partial charge >= 0.3 is 5.97 Å². The van der Waals surface area contributed by atoms with Gasteiger partial charge in [-0.3, -0.25) is 4.79 Å². The largest absolute Gasteiger partial charge is 0.462 e. The van der Waals surface area contributed by atoms with E-state index >= 15 is 0 Å². The van der Waals surface area contributed by atoms with Gasteiger partial charge in [0.05, 0.1) is 16.6 Å². The highest BCUT2D eigenvalue weighted by molar-refractivity contribution is 7.98. The number of nitriles is 1. The fraction of sp³-hybridized carbons (Fsp3) is 0.467. The summed E-state index contributed by atoms with van der Waals surface area (Å²) < 4.78 is 32.5. The predicted molar refractivity (Wildman–Crippen MR) is 89.5 cm³/mol. The van der Waals surface area contributed by atoms with E-state index in [1.54, 1.807) is 19.9 Å². The van der Waals surface area contributed by atoms with E-state index in [0.29, 0.717) is 12.2 Å². The fourth-order valence-electron chi connectivity index (χ4n) is 1.82. The zero-order valence-electron chi connectivity index (χ0n) is 13.3. The molecular weight excluding hydrogens is 336 g/mol. The van der Waals surface area contributed by atoms with Gasteiger partial charge in [0.1, 0.15) is 12.1 Å². The number of nitrogens with one attached hydrogen (secondary N) is 1. The van der Waals surface area contributed by atoms with Crippen LogP contribution in [0.4, 0.5) is 0 Å². The van der Waals surface area contributed by atoms with Crippen molar-refractivity contribution in [3.63, 3.8) is 0 Å². The Labute approximate surface area is 141 Å². The lowest BCUT2D eigenvalue weighted by atomic mass is 10.2. The normalized spacial score (nSPS) is 12.7. The summed E-state index contributed by atoms with van der Waals surface area (Å²) in [6.07, 6.45) is 1.83. The van der Waals surface area contributed by atoms with Gasteiger partial charge in [-0.2, -0.15) is 21.7 Å². The van der Waals surface area contributed by atoms with E-state index < -0.39 is 22.0 Å². The standard InChI is InChI=1S/C15H20N2O4S2/c1-11(2)21-15(18)13(8-9-22-3)17-23(19,20)14-7-5-4-6-12(14)10-16/h4-7,11,13,17H,8-9H2,1-3H3. The summed E-state index contributed by atoms with van der Waals surface area (Å²) in [5, 5.41) is 9.05. The van der Waals surface area contributed by atoms with Crippen molar-refractivity contribution in [2.24, 2.45) is 0 Å². The van der Waals surface area contributed by atoms with E-state index in [1.807, 2.05) is 12.3 Å². The maximum atomic E-state index is 12.5. The zero-order valence-corrected chi connectivity index (χ0v) is 14.9. The first-order chi connectivity index (χ1) is 10.8. The molecule has 23 heavy (non-hydrogen) atoms. The van der Waals surface area contributed by atoms with Gasteiger partial charge < -0.3 is 4.74 Å². The molecule has 0 fully saturated rings. The molecule has 1 unspecified atom stereocenters. The highest BCUT2D eigenvalue weighted by Crippen LogP contribution is 2.16. The molecule has 0 radical (unpaired) electrons. The van der Waals surface area contributed by atoms with E-state index in [9.17, 15) is 13.2 Å². The molecule has 1 atom stereocenters. The Morgan fingerprint density at radius 2 is 2.04 bits per heavy atom. The van der Waals surface area contributed by atoms with Crippen LogP contribution in [0.5, 0.6) is 0 Å². The molecule has 1 N–H and O–H groups in total. The second-order valence-corrected chi connectivity index (χ2v) is 7.72. The number of hydrogen-bond donors (Lipinski definition) is 1. The molecule has 126 valence electrons. The summed E-state index contributed by atoms with van der Waals surface area (Å²) in [5.74, 6) is -0.0210. The monoisotopic (exact) mass is 356 g/mol. The van der Waals surface area contributed by atoms with Gasteiger partial charge in [-0.1, -0.05) is 12.1 Å². The average Bonchev–Trinajstić information content (AvgIpc) is 2.50. The number of carbonyl (C=O) groups excluding carboxylic acids is 1. The summed E-state index contributed by atoms with van der Waals surface area (Å²) in [7, 11) is -4.00. The quantitative estimate of drug-likeness (QED) is 0.715. The lowest BCUT2D eigenvalue weighted by Gasteiger charge is -2.19. The number of carbonyl (C=O) groups is 1. The summed E-state index contributed by atoms with van der Waals surface area (Å²) in [5.41, 5.74) is 0.0286. The molecule has 1 aromatic carbocycles. The highest BCUT2D eigenvalue weighted by Gasteiger charge is 2.28. The van der Waals surface area contributed by atoms with E-state index in [2.05, 4.69) is 4.72 Å². The van der Waals surface area contributed by atoms with Crippen LogP contribution >= 0.6 is 11.8 Å². The van der Waals surface area contributed by atoms with Crippen LogP contribution in [0.2, 0.25) is 0 Å². The molecule has 1 aromatic rings. The minimum absolute atomic E-state index is 0.0286. The van der Waals surface area contributed by atoms with Crippen LogP contribution in [0, 0.1) is 11.3 Å². The molecule has 0 amide bonds. The molecule has 0 bridgehead atoms. The molecule has 0 saturated heterocycles. The molecule has 0 spiro atoms. The average molecular weight is 356 g/mol. The first-order valence-corrected chi connectivity index (χ1v) is 9.90. The number of hydrogen-bond acceptors (Lipinski definition) is 6. The second-order valence-electron chi connectivity index (χ2n) is 5.05. The van der Waals surface area contributed by atoms with Crippen molar-refractivity contribution in [1.82, 2.24) is 4.72 Å².